The van der Waals surface area contributed by atoms with E-state index in [0.717, 1.165) is 30.7 Å². The van der Waals surface area contributed by atoms with Gasteiger partial charge in [0.05, 0.1) is 27.4 Å². The molecule has 1 aliphatic heterocycles. The van der Waals surface area contributed by atoms with Crippen molar-refractivity contribution < 1.29 is 23.4 Å². The van der Waals surface area contributed by atoms with Crippen LogP contribution in [0.25, 0.3) is 10.9 Å². The van der Waals surface area contributed by atoms with Crippen LogP contribution in [-0.2, 0) is 11.3 Å². The van der Waals surface area contributed by atoms with Crippen molar-refractivity contribution in [2.75, 3.05) is 53.6 Å². The van der Waals surface area contributed by atoms with E-state index in [2.05, 4.69) is 9.88 Å². The average molecular weight is 442 g/mol. The number of fused-ring (bicyclic) bond motifs is 1. The Morgan fingerprint density at radius 1 is 1.12 bits per heavy atom. The van der Waals surface area contributed by atoms with Crippen molar-refractivity contribution in [1.82, 2.24) is 14.8 Å². The molecule has 1 aliphatic rings. The van der Waals surface area contributed by atoms with Gasteiger partial charge in [0.25, 0.3) is 5.91 Å². The molecule has 32 heavy (non-hydrogen) atoms. The maximum absolute atomic E-state index is 13.6. The van der Waals surface area contributed by atoms with Crippen molar-refractivity contribution >= 4 is 16.8 Å². The summed E-state index contributed by atoms with van der Waals surface area (Å²) in [7, 11) is 3.22. The summed E-state index contributed by atoms with van der Waals surface area (Å²) >= 11 is 0. The Hall–Kier alpha value is -3.10. The topological polar surface area (TPSA) is 67.0 Å². The quantitative estimate of drug-likeness (QED) is 0.581. The van der Waals surface area contributed by atoms with Gasteiger partial charge in [0, 0.05) is 49.2 Å². The zero-order valence-corrected chi connectivity index (χ0v) is 18.4. The smallest absolute Gasteiger partial charge is 0.270 e. The highest BCUT2D eigenvalue weighted by Gasteiger charge is 2.22. The maximum Gasteiger partial charge on any atom is 0.270 e. The molecule has 1 saturated heterocycles. The van der Waals surface area contributed by atoms with Crippen molar-refractivity contribution in [3.8, 4) is 11.5 Å². The van der Waals surface area contributed by atoms with Gasteiger partial charge >= 0.3 is 0 Å². The number of methoxy groups -OCH3 is 2. The second kappa shape index (κ2) is 10.0. The van der Waals surface area contributed by atoms with Crippen molar-refractivity contribution in [2.45, 2.75) is 6.54 Å². The second-order valence-corrected chi connectivity index (χ2v) is 7.77. The number of benzene rings is 2. The molecule has 1 aromatic heterocycles. The molecule has 2 aromatic carbocycles. The van der Waals surface area contributed by atoms with E-state index >= 15 is 0 Å². The first-order valence-corrected chi connectivity index (χ1v) is 10.7. The monoisotopic (exact) mass is 441 g/mol. The predicted octanol–water partition coefficient (Wildman–Crippen LogP) is 3.30. The molecule has 0 bridgehead atoms. The average Bonchev–Trinajstić information content (AvgIpc) is 3.25. The van der Waals surface area contributed by atoms with Crippen LogP contribution in [0.1, 0.15) is 16.1 Å². The largest absolute Gasteiger partial charge is 0.497 e. The van der Waals surface area contributed by atoms with Crippen LogP contribution in [0.5, 0.6) is 11.5 Å². The number of hydrogen-bond donors (Lipinski definition) is 1. The zero-order valence-electron chi connectivity index (χ0n) is 18.4. The number of aromatic amines is 1. The number of morpholine rings is 1. The summed E-state index contributed by atoms with van der Waals surface area (Å²) in [5, 5.41) is 0.667. The Morgan fingerprint density at radius 2 is 1.94 bits per heavy atom. The van der Waals surface area contributed by atoms with Crippen LogP contribution in [0, 0.1) is 5.82 Å². The molecule has 0 unspecified atom stereocenters. The first kappa shape index (κ1) is 22.1. The van der Waals surface area contributed by atoms with E-state index in [9.17, 15) is 9.18 Å². The Labute approximate surface area is 186 Å². The highest BCUT2D eigenvalue weighted by atomic mass is 19.1. The van der Waals surface area contributed by atoms with Gasteiger partial charge in [-0.15, -0.1) is 0 Å². The second-order valence-electron chi connectivity index (χ2n) is 7.77. The third kappa shape index (κ3) is 5.03. The number of carbonyl (C=O) groups is 1. The molecule has 0 aliphatic carbocycles. The first-order chi connectivity index (χ1) is 15.6. The molecule has 0 radical (unpaired) electrons. The highest BCUT2D eigenvalue weighted by molar-refractivity contribution is 5.98. The van der Waals surface area contributed by atoms with E-state index in [1.54, 1.807) is 31.3 Å². The number of H-pyrrole nitrogens is 1. The Morgan fingerprint density at radius 3 is 2.69 bits per heavy atom. The minimum absolute atomic E-state index is 0.153. The fraction of sp³-hybridized carbons (Fsp3) is 0.375. The first-order valence-electron chi connectivity index (χ1n) is 10.7. The lowest BCUT2D eigenvalue weighted by atomic mass is 10.1. The van der Waals surface area contributed by atoms with Gasteiger partial charge in [-0.05, 0) is 42.5 Å². The van der Waals surface area contributed by atoms with Crippen molar-refractivity contribution in [3.63, 3.8) is 0 Å². The van der Waals surface area contributed by atoms with Gasteiger partial charge in [0.15, 0.2) is 0 Å². The van der Waals surface area contributed by atoms with E-state index in [1.807, 2.05) is 18.2 Å². The van der Waals surface area contributed by atoms with E-state index < -0.39 is 0 Å². The number of hydrogen-bond acceptors (Lipinski definition) is 5. The number of carbonyl (C=O) groups excluding carboxylic acids is 1. The summed E-state index contributed by atoms with van der Waals surface area (Å²) in [4.78, 5) is 20.7. The molecule has 3 aromatic rings. The fourth-order valence-corrected chi connectivity index (χ4v) is 3.94. The predicted molar refractivity (Wildman–Crippen MR) is 120 cm³/mol. The summed E-state index contributed by atoms with van der Waals surface area (Å²) in [6.45, 7) is 4.70. The Kier molecular flexibility index (Phi) is 6.92. The zero-order chi connectivity index (χ0) is 22.5. The van der Waals surface area contributed by atoms with Crippen LogP contribution >= 0.6 is 0 Å². The van der Waals surface area contributed by atoms with Crippen LogP contribution in [-0.4, -0.2) is 74.3 Å². The standard InChI is InChI=1S/C24H28FN3O4/c1-30-20-4-6-23(31-2)18(14-20)16-28(8-7-27-9-11-32-12-10-27)24(29)22-15-17-13-19(25)3-5-21(17)26-22/h3-6,13-15,26H,7-12,16H2,1-2H3. The summed E-state index contributed by atoms with van der Waals surface area (Å²) < 4.78 is 29.9. The number of nitrogens with one attached hydrogen (secondary N) is 1. The summed E-state index contributed by atoms with van der Waals surface area (Å²) in [6, 6.07) is 11.7. The van der Waals surface area contributed by atoms with Gasteiger partial charge in [-0.1, -0.05) is 0 Å². The molecule has 4 rings (SSSR count). The lowest BCUT2D eigenvalue weighted by Gasteiger charge is -2.30. The van der Waals surface area contributed by atoms with E-state index in [0.29, 0.717) is 48.9 Å². The molecule has 1 fully saturated rings. The number of aromatic nitrogens is 1. The number of amides is 1. The lowest BCUT2D eigenvalue weighted by molar-refractivity contribution is 0.0319. The molecule has 0 spiro atoms. The van der Waals surface area contributed by atoms with Crippen LogP contribution < -0.4 is 9.47 Å². The number of rotatable bonds is 8. The molecule has 0 saturated carbocycles. The van der Waals surface area contributed by atoms with Crippen molar-refractivity contribution in [1.29, 1.82) is 0 Å². The summed E-state index contributed by atoms with van der Waals surface area (Å²) in [5.74, 6) is 0.900. The van der Waals surface area contributed by atoms with E-state index in [-0.39, 0.29) is 11.7 Å². The van der Waals surface area contributed by atoms with Crippen LogP contribution in [0.3, 0.4) is 0 Å². The van der Waals surface area contributed by atoms with Crippen LogP contribution in [0.4, 0.5) is 4.39 Å². The fourth-order valence-electron chi connectivity index (χ4n) is 3.94. The van der Waals surface area contributed by atoms with Gasteiger partial charge in [0.2, 0.25) is 0 Å². The molecule has 170 valence electrons. The van der Waals surface area contributed by atoms with Crippen molar-refractivity contribution in [2.24, 2.45) is 0 Å². The molecular formula is C24H28FN3O4. The minimum atomic E-state index is -0.333. The van der Waals surface area contributed by atoms with Crippen LogP contribution in [0.2, 0.25) is 0 Å². The third-order valence-corrected chi connectivity index (χ3v) is 5.74. The molecule has 7 nitrogen and oxygen atoms in total. The number of halogens is 1. The molecule has 8 heteroatoms. The SMILES string of the molecule is COc1ccc(OC)c(CN(CCN2CCOCC2)C(=O)c2cc3cc(F)ccc3[nH]2)c1. The van der Waals surface area contributed by atoms with Crippen LogP contribution in [0.15, 0.2) is 42.5 Å². The summed E-state index contributed by atoms with van der Waals surface area (Å²) in [5.41, 5.74) is 2.00. The normalized spacial score (nSPS) is 14.5. The molecule has 1 amide bonds. The van der Waals surface area contributed by atoms with E-state index in [1.165, 1.54) is 12.1 Å². The van der Waals surface area contributed by atoms with Gasteiger partial charge in [0.1, 0.15) is 23.0 Å². The highest BCUT2D eigenvalue weighted by Crippen LogP contribution is 2.26. The Balaban J connectivity index is 1.60. The van der Waals surface area contributed by atoms with Gasteiger partial charge in [-0.25, -0.2) is 4.39 Å². The van der Waals surface area contributed by atoms with E-state index in [4.69, 9.17) is 14.2 Å². The molecule has 2 heterocycles. The molecule has 1 N–H and O–H groups in total. The van der Waals surface area contributed by atoms with Gasteiger partial charge < -0.3 is 24.1 Å². The van der Waals surface area contributed by atoms with Crippen molar-refractivity contribution in [3.05, 3.63) is 59.5 Å². The molecular weight excluding hydrogens is 413 g/mol. The Bertz CT molecular complexity index is 1080. The maximum atomic E-state index is 13.6. The van der Waals surface area contributed by atoms with Gasteiger partial charge in [-0.2, -0.15) is 0 Å². The number of nitrogens with zero attached hydrogens (tertiary/aromatic N) is 2. The molecule has 0 atom stereocenters. The third-order valence-electron chi connectivity index (χ3n) is 5.74. The summed E-state index contributed by atoms with van der Waals surface area (Å²) in [6.07, 6.45) is 0. The van der Waals surface area contributed by atoms with Gasteiger partial charge in [-0.3, -0.25) is 9.69 Å². The minimum Gasteiger partial charge on any atom is -0.497 e. The lowest BCUT2D eigenvalue weighted by Crippen LogP contribution is -2.43. The number of ether oxygens (including phenoxy) is 3.